The molecule has 2 N–H and O–H groups in total. The highest BCUT2D eigenvalue weighted by atomic mass is 32.2. The smallest absolute Gasteiger partial charge is 0.346 e. The molecule has 6 heteroatoms. The number of aliphatic hydroxyl groups is 1. The van der Waals surface area contributed by atoms with E-state index in [1.54, 1.807) is 36.9 Å². The van der Waals surface area contributed by atoms with Gasteiger partial charge in [-0.15, -0.1) is 11.8 Å². The summed E-state index contributed by atoms with van der Waals surface area (Å²) in [6.07, 6.45) is 6.24. The van der Waals surface area contributed by atoms with E-state index in [1.165, 1.54) is 12.2 Å². The largest absolute Gasteiger partial charge is 0.477 e. The molecule has 1 aromatic carbocycles. The minimum atomic E-state index is -1.52. The second-order valence-electron chi connectivity index (χ2n) is 5.36. The predicted molar refractivity (Wildman–Crippen MR) is 95.8 cm³/mol. The van der Waals surface area contributed by atoms with Crippen LogP contribution in [0, 0.1) is 17.2 Å². The minimum Gasteiger partial charge on any atom is -0.477 e. The average Bonchev–Trinajstić information content (AvgIpc) is 2.60. The van der Waals surface area contributed by atoms with Gasteiger partial charge in [-0.3, -0.25) is 0 Å². The molecular formula is C19H19NO4S. The summed E-state index contributed by atoms with van der Waals surface area (Å²) in [6, 6.07) is 11.4. The van der Waals surface area contributed by atoms with Crippen LogP contribution in [-0.4, -0.2) is 34.3 Å². The third-order valence-electron chi connectivity index (χ3n) is 3.61. The highest BCUT2D eigenvalue weighted by Gasteiger charge is 2.32. The molecular weight excluding hydrogens is 338 g/mol. The van der Waals surface area contributed by atoms with Crippen LogP contribution in [0.3, 0.4) is 0 Å². The Morgan fingerprint density at radius 1 is 1.44 bits per heavy atom. The fraction of sp³-hybridized carbons (Fsp3) is 0.263. The van der Waals surface area contributed by atoms with Crippen LogP contribution < -0.4 is 0 Å². The summed E-state index contributed by atoms with van der Waals surface area (Å²) < 4.78 is 5.48. The number of carboxylic acid groups (broad SMARTS) is 1. The van der Waals surface area contributed by atoms with Gasteiger partial charge in [-0.2, -0.15) is 5.26 Å². The Kier molecular flexibility index (Phi) is 6.59. The van der Waals surface area contributed by atoms with E-state index in [0.717, 1.165) is 4.90 Å². The predicted octanol–water partition coefficient (Wildman–Crippen LogP) is 3.15. The first-order valence-electron chi connectivity index (χ1n) is 7.78. The van der Waals surface area contributed by atoms with Gasteiger partial charge >= 0.3 is 5.97 Å². The highest BCUT2D eigenvalue weighted by molar-refractivity contribution is 7.99. The van der Waals surface area contributed by atoms with E-state index in [0.29, 0.717) is 17.9 Å². The van der Waals surface area contributed by atoms with E-state index in [4.69, 9.17) is 15.1 Å². The van der Waals surface area contributed by atoms with E-state index in [-0.39, 0.29) is 5.57 Å². The molecule has 2 rings (SSSR count). The third-order valence-corrected chi connectivity index (χ3v) is 4.67. The molecule has 2 unspecified atom stereocenters. The first-order chi connectivity index (χ1) is 12.0. The van der Waals surface area contributed by atoms with Gasteiger partial charge in [-0.1, -0.05) is 30.4 Å². The number of aliphatic carboxylic acids is 1. The van der Waals surface area contributed by atoms with Crippen molar-refractivity contribution < 1.29 is 19.7 Å². The van der Waals surface area contributed by atoms with Crippen molar-refractivity contribution >= 4 is 17.7 Å². The zero-order valence-electron chi connectivity index (χ0n) is 13.8. The van der Waals surface area contributed by atoms with Crippen LogP contribution in [0.5, 0.6) is 0 Å². The van der Waals surface area contributed by atoms with Crippen LogP contribution in [0.25, 0.3) is 0 Å². The van der Waals surface area contributed by atoms with Crippen molar-refractivity contribution in [2.45, 2.75) is 17.6 Å². The molecule has 0 aliphatic heterocycles. The Bertz CT molecular complexity index is 748. The lowest BCUT2D eigenvalue weighted by Gasteiger charge is -2.31. The highest BCUT2D eigenvalue weighted by Crippen LogP contribution is 2.33. The van der Waals surface area contributed by atoms with Gasteiger partial charge < -0.3 is 14.9 Å². The van der Waals surface area contributed by atoms with Crippen molar-refractivity contribution in [1.29, 1.82) is 5.26 Å². The van der Waals surface area contributed by atoms with Gasteiger partial charge in [0.15, 0.2) is 0 Å². The van der Waals surface area contributed by atoms with Crippen molar-refractivity contribution in [2.75, 3.05) is 12.4 Å². The van der Waals surface area contributed by atoms with Crippen molar-refractivity contribution in [3.63, 3.8) is 0 Å². The van der Waals surface area contributed by atoms with Crippen molar-refractivity contribution in [3.8, 4) is 6.07 Å². The topological polar surface area (TPSA) is 90.5 Å². The average molecular weight is 357 g/mol. The standard InChI is InChI=1S/C19H19NO4S/c1-2-24-19(23)9-8-14(10-15(12-20)18(21)22)11-16(19)13-25-17-6-4-3-5-7-17/h3-11,14,23H,2,13H2,1H3,(H,21,22)/b15-10+. The molecule has 2 atom stereocenters. The zero-order valence-corrected chi connectivity index (χ0v) is 14.6. The van der Waals surface area contributed by atoms with E-state index >= 15 is 0 Å². The maximum absolute atomic E-state index is 11.0. The Labute approximate surface area is 150 Å². The molecule has 0 spiro atoms. The summed E-state index contributed by atoms with van der Waals surface area (Å²) in [7, 11) is 0. The molecule has 0 radical (unpaired) electrons. The molecule has 5 nitrogen and oxygen atoms in total. The van der Waals surface area contributed by atoms with Gasteiger partial charge in [-0.05, 0) is 36.8 Å². The second kappa shape index (κ2) is 8.67. The summed E-state index contributed by atoms with van der Waals surface area (Å²) in [5.41, 5.74) is 0.289. The lowest BCUT2D eigenvalue weighted by molar-refractivity contribution is -0.135. The second-order valence-corrected chi connectivity index (χ2v) is 6.41. The van der Waals surface area contributed by atoms with Crippen molar-refractivity contribution in [1.82, 2.24) is 0 Å². The van der Waals surface area contributed by atoms with Crippen LogP contribution >= 0.6 is 11.8 Å². The number of hydrogen-bond acceptors (Lipinski definition) is 5. The summed E-state index contributed by atoms with van der Waals surface area (Å²) in [6.45, 7) is 2.12. The maximum Gasteiger partial charge on any atom is 0.346 e. The monoisotopic (exact) mass is 357 g/mol. The SMILES string of the molecule is CCOC1(O)C=CC(/C=C(\C#N)C(=O)O)C=C1CSc1ccccc1. The molecule has 0 saturated carbocycles. The van der Waals surface area contributed by atoms with Gasteiger partial charge in [0, 0.05) is 23.2 Å². The Morgan fingerprint density at radius 2 is 2.16 bits per heavy atom. The van der Waals surface area contributed by atoms with E-state index in [2.05, 4.69) is 0 Å². The van der Waals surface area contributed by atoms with Gasteiger partial charge in [-0.25, -0.2) is 4.79 Å². The Hall–Kier alpha value is -2.33. The van der Waals surface area contributed by atoms with E-state index in [9.17, 15) is 9.90 Å². The molecule has 25 heavy (non-hydrogen) atoms. The molecule has 0 aromatic heterocycles. The summed E-state index contributed by atoms with van der Waals surface area (Å²) >= 11 is 1.54. The summed E-state index contributed by atoms with van der Waals surface area (Å²) in [5, 5.41) is 28.6. The molecule has 1 aromatic rings. The summed E-state index contributed by atoms with van der Waals surface area (Å²) in [4.78, 5) is 12.1. The number of carboxylic acids is 1. The van der Waals surface area contributed by atoms with E-state index < -0.39 is 17.7 Å². The Balaban J connectivity index is 2.25. The summed E-state index contributed by atoms with van der Waals surface area (Å²) in [5.74, 6) is -2.70. The number of benzene rings is 1. The molecule has 1 aliphatic rings. The number of hydrogen-bond donors (Lipinski definition) is 2. The van der Waals surface area contributed by atoms with Crippen LogP contribution in [0.4, 0.5) is 0 Å². The minimum absolute atomic E-state index is 0.327. The molecule has 0 heterocycles. The maximum atomic E-state index is 11.0. The molecule has 1 aliphatic carbocycles. The lowest BCUT2D eigenvalue weighted by Crippen LogP contribution is -2.36. The van der Waals surface area contributed by atoms with Crippen molar-refractivity contribution in [2.24, 2.45) is 5.92 Å². The van der Waals surface area contributed by atoms with Crippen LogP contribution in [0.15, 0.2) is 70.7 Å². The normalized spacial score (nSPS) is 23.0. The number of ether oxygens (including phenoxy) is 1. The van der Waals surface area contributed by atoms with Gasteiger partial charge in [0.25, 0.3) is 0 Å². The quantitative estimate of drug-likeness (QED) is 0.256. The lowest BCUT2D eigenvalue weighted by atomic mass is 9.92. The molecule has 0 fully saturated rings. The molecule has 0 bridgehead atoms. The van der Waals surface area contributed by atoms with Crippen molar-refractivity contribution in [3.05, 3.63) is 65.8 Å². The van der Waals surface area contributed by atoms with Crippen LogP contribution in [0.2, 0.25) is 0 Å². The third kappa shape index (κ3) is 5.07. The Morgan fingerprint density at radius 3 is 2.76 bits per heavy atom. The number of allylic oxidation sites excluding steroid dienone is 3. The fourth-order valence-corrected chi connectivity index (χ4v) is 3.37. The number of nitriles is 1. The molecule has 0 amide bonds. The molecule has 130 valence electrons. The zero-order chi connectivity index (χ0) is 18.3. The fourth-order valence-electron chi connectivity index (χ4n) is 2.40. The van der Waals surface area contributed by atoms with E-state index in [1.807, 2.05) is 30.3 Å². The van der Waals surface area contributed by atoms with Gasteiger partial charge in [0.2, 0.25) is 5.79 Å². The molecule has 0 saturated heterocycles. The van der Waals surface area contributed by atoms with Gasteiger partial charge in [0.05, 0.1) is 0 Å². The van der Waals surface area contributed by atoms with Gasteiger partial charge in [0.1, 0.15) is 11.6 Å². The number of nitrogens with zero attached hydrogens (tertiary/aromatic N) is 1. The number of thioether (sulfide) groups is 1. The number of rotatable bonds is 7. The van der Waals surface area contributed by atoms with Crippen LogP contribution in [-0.2, 0) is 9.53 Å². The first-order valence-corrected chi connectivity index (χ1v) is 8.77. The first kappa shape index (κ1) is 19.0. The van der Waals surface area contributed by atoms with Crippen LogP contribution in [0.1, 0.15) is 6.92 Å². The number of carbonyl (C=O) groups is 1.